The van der Waals surface area contributed by atoms with Crippen LogP contribution in [0.15, 0.2) is 46.1 Å². The Kier molecular flexibility index (Phi) is 7.06. The standard InChI is InChI=1S/C21H28N4O2S/c1-15-12-25(13-16(2)27-15)20(26)19-6-4-17(5-7-19)10-23-21(22-3)24-11-18-8-9-28-14-18/h4-9,14-16H,10-13H2,1-3H3,(H2,22,23,24). The van der Waals surface area contributed by atoms with Gasteiger partial charge < -0.3 is 20.3 Å². The van der Waals surface area contributed by atoms with E-state index in [1.54, 1.807) is 18.4 Å². The zero-order chi connectivity index (χ0) is 19.9. The molecule has 2 atom stereocenters. The first-order valence-corrected chi connectivity index (χ1v) is 10.5. The molecule has 0 aliphatic carbocycles. The zero-order valence-corrected chi connectivity index (χ0v) is 17.5. The van der Waals surface area contributed by atoms with E-state index in [4.69, 9.17) is 4.74 Å². The van der Waals surface area contributed by atoms with Crippen LogP contribution in [0.25, 0.3) is 0 Å². The van der Waals surface area contributed by atoms with E-state index in [0.717, 1.165) is 18.1 Å². The molecule has 0 radical (unpaired) electrons. The first kappa shape index (κ1) is 20.4. The number of rotatable bonds is 5. The first-order valence-electron chi connectivity index (χ1n) is 9.54. The molecule has 2 unspecified atom stereocenters. The van der Waals surface area contributed by atoms with Crippen LogP contribution in [0.3, 0.4) is 0 Å². The van der Waals surface area contributed by atoms with Crippen LogP contribution in [0.4, 0.5) is 0 Å². The number of guanidine groups is 1. The van der Waals surface area contributed by atoms with Gasteiger partial charge in [0.25, 0.3) is 5.91 Å². The van der Waals surface area contributed by atoms with Crippen LogP contribution in [0.1, 0.15) is 35.3 Å². The molecule has 1 aromatic carbocycles. The van der Waals surface area contributed by atoms with Crippen LogP contribution >= 0.6 is 11.3 Å². The fourth-order valence-electron chi connectivity index (χ4n) is 3.28. The van der Waals surface area contributed by atoms with Crippen molar-refractivity contribution in [1.29, 1.82) is 0 Å². The average molecular weight is 401 g/mol. The number of morpholine rings is 1. The van der Waals surface area contributed by atoms with Crippen molar-refractivity contribution >= 4 is 23.2 Å². The van der Waals surface area contributed by atoms with E-state index in [1.807, 2.05) is 43.0 Å². The van der Waals surface area contributed by atoms with Crippen LogP contribution in [-0.4, -0.2) is 49.1 Å². The molecule has 150 valence electrons. The molecule has 0 bridgehead atoms. The number of amides is 1. The maximum atomic E-state index is 12.7. The third-order valence-electron chi connectivity index (χ3n) is 4.63. The van der Waals surface area contributed by atoms with Crippen LogP contribution in [0, 0.1) is 0 Å². The number of nitrogens with zero attached hydrogens (tertiary/aromatic N) is 2. The summed E-state index contributed by atoms with van der Waals surface area (Å²) >= 11 is 1.68. The largest absolute Gasteiger partial charge is 0.372 e. The Bertz CT molecular complexity index is 779. The van der Waals surface area contributed by atoms with Crippen molar-refractivity contribution in [3.05, 3.63) is 57.8 Å². The Morgan fingerprint density at radius 2 is 1.75 bits per heavy atom. The summed E-state index contributed by atoms with van der Waals surface area (Å²) in [5.74, 6) is 0.817. The fraction of sp³-hybridized carbons (Fsp3) is 0.429. The number of ether oxygens (including phenoxy) is 1. The second-order valence-electron chi connectivity index (χ2n) is 7.08. The molecule has 7 heteroatoms. The second kappa shape index (κ2) is 9.71. The van der Waals surface area contributed by atoms with Gasteiger partial charge >= 0.3 is 0 Å². The molecular formula is C21H28N4O2S. The number of nitrogens with one attached hydrogen (secondary N) is 2. The van der Waals surface area contributed by atoms with Crippen LogP contribution in [-0.2, 0) is 17.8 Å². The lowest BCUT2D eigenvalue weighted by Gasteiger charge is -2.35. The van der Waals surface area contributed by atoms with Gasteiger partial charge in [0.05, 0.1) is 12.2 Å². The minimum atomic E-state index is 0.0646. The molecule has 1 aliphatic rings. The normalized spacial score (nSPS) is 20.1. The van der Waals surface area contributed by atoms with Gasteiger partial charge in [0, 0.05) is 38.8 Å². The minimum Gasteiger partial charge on any atom is -0.372 e. The lowest BCUT2D eigenvalue weighted by atomic mass is 10.1. The van der Waals surface area contributed by atoms with E-state index in [1.165, 1.54) is 5.56 Å². The van der Waals surface area contributed by atoms with Crippen molar-refractivity contribution in [2.24, 2.45) is 4.99 Å². The number of hydrogen-bond donors (Lipinski definition) is 2. The molecule has 2 aromatic rings. The molecule has 3 rings (SSSR count). The van der Waals surface area contributed by atoms with Gasteiger partial charge in [-0.3, -0.25) is 9.79 Å². The molecule has 0 spiro atoms. The summed E-state index contributed by atoms with van der Waals surface area (Å²) < 4.78 is 5.71. The number of thiophene rings is 1. The van der Waals surface area contributed by atoms with Gasteiger partial charge in [-0.1, -0.05) is 12.1 Å². The van der Waals surface area contributed by atoms with E-state index in [9.17, 15) is 4.79 Å². The minimum absolute atomic E-state index is 0.0646. The number of carbonyl (C=O) groups excluding carboxylic acids is 1. The average Bonchev–Trinajstić information content (AvgIpc) is 3.21. The quantitative estimate of drug-likeness (QED) is 0.598. The molecule has 1 aromatic heterocycles. The number of carbonyl (C=O) groups is 1. The van der Waals surface area contributed by atoms with Crippen molar-refractivity contribution < 1.29 is 9.53 Å². The molecule has 2 N–H and O–H groups in total. The first-order chi connectivity index (χ1) is 13.5. The summed E-state index contributed by atoms with van der Waals surface area (Å²) in [6.45, 7) is 6.67. The van der Waals surface area contributed by atoms with Gasteiger partial charge in [-0.05, 0) is 53.9 Å². The topological polar surface area (TPSA) is 66.0 Å². The van der Waals surface area contributed by atoms with Crippen LogP contribution in [0.5, 0.6) is 0 Å². The maximum absolute atomic E-state index is 12.7. The summed E-state index contributed by atoms with van der Waals surface area (Å²) in [5.41, 5.74) is 3.05. The Morgan fingerprint density at radius 3 is 2.32 bits per heavy atom. The molecular weight excluding hydrogens is 372 g/mol. The van der Waals surface area contributed by atoms with Gasteiger partial charge in [-0.15, -0.1) is 0 Å². The highest BCUT2D eigenvalue weighted by Gasteiger charge is 2.26. The van der Waals surface area contributed by atoms with Crippen LogP contribution < -0.4 is 10.6 Å². The number of benzene rings is 1. The van der Waals surface area contributed by atoms with Crippen molar-refractivity contribution in [3.8, 4) is 0 Å². The lowest BCUT2D eigenvalue weighted by Crippen LogP contribution is -2.48. The molecule has 1 fully saturated rings. The fourth-order valence-corrected chi connectivity index (χ4v) is 3.95. The smallest absolute Gasteiger partial charge is 0.254 e. The molecule has 6 nitrogen and oxygen atoms in total. The molecule has 2 heterocycles. The van der Waals surface area contributed by atoms with Crippen molar-refractivity contribution in [1.82, 2.24) is 15.5 Å². The van der Waals surface area contributed by atoms with Crippen molar-refractivity contribution in [3.63, 3.8) is 0 Å². The third kappa shape index (κ3) is 5.56. The van der Waals surface area contributed by atoms with Crippen molar-refractivity contribution in [2.45, 2.75) is 39.1 Å². The zero-order valence-electron chi connectivity index (χ0n) is 16.6. The summed E-state index contributed by atoms with van der Waals surface area (Å²) in [6, 6.07) is 9.85. The Morgan fingerprint density at radius 1 is 1.11 bits per heavy atom. The predicted octanol–water partition coefficient (Wildman–Crippen LogP) is 2.86. The summed E-state index contributed by atoms with van der Waals surface area (Å²) in [7, 11) is 1.76. The lowest BCUT2D eigenvalue weighted by molar-refractivity contribution is -0.0586. The Labute approximate surface area is 170 Å². The van der Waals surface area contributed by atoms with Gasteiger partial charge in [0.2, 0.25) is 0 Å². The molecule has 1 saturated heterocycles. The molecule has 1 aliphatic heterocycles. The second-order valence-corrected chi connectivity index (χ2v) is 7.86. The Balaban J connectivity index is 1.51. The highest BCUT2D eigenvalue weighted by molar-refractivity contribution is 7.07. The van der Waals surface area contributed by atoms with Gasteiger partial charge in [0.1, 0.15) is 0 Å². The van der Waals surface area contributed by atoms with E-state index in [-0.39, 0.29) is 18.1 Å². The van der Waals surface area contributed by atoms with Crippen LogP contribution in [0.2, 0.25) is 0 Å². The maximum Gasteiger partial charge on any atom is 0.254 e. The summed E-state index contributed by atoms with van der Waals surface area (Å²) in [5, 5.41) is 10.8. The highest BCUT2D eigenvalue weighted by atomic mass is 32.1. The summed E-state index contributed by atoms with van der Waals surface area (Å²) in [6.07, 6.45) is 0.147. The van der Waals surface area contributed by atoms with Crippen molar-refractivity contribution in [2.75, 3.05) is 20.1 Å². The Hall–Kier alpha value is -2.38. The molecule has 0 saturated carbocycles. The van der Waals surface area contributed by atoms with E-state index in [2.05, 4.69) is 32.5 Å². The number of hydrogen-bond acceptors (Lipinski definition) is 4. The number of aliphatic imine (C=N–C) groups is 1. The molecule has 28 heavy (non-hydrogen) atoms. The van der Waals surface area contributed by atoms with Gasteiger partial charge in [-0.25, -0.2) is 0 Å². The van der Waals surface area contributed by atoms with Gasteiger partial charge in [-0.2, -0.15) is 11.3 Å². The van der Waals surface area contributed by atoms with E-state index < -0.39 is 0 Å². The highest BCUT2D eigenvalue weighted by Crippen LogP contribution is 2.15. The van der Waals surface area contributed by atoms with E-state index in [0.29, 0.717) is 25.2 Å². The predicted molar refractivity (Wildman–Crippen MR) is 114 cm³/mol. The SMILES string of the molecule is CN=C(NCc1ccc(C(=O)N2CC(C)OC(C)C2)cc1)NCc1ccsc1. The van der Waals surface area contributed by atoms with E-state index >= 15 is 0 Å². The van der Waals surface area contributed by atoms with Gasteiger partial charge in [0.15, 0.2) is 5.96 Å². The molecule has 1 amide bonds. The third-order valence-corrected chi connectivity index (χ3v) is 5.36. The monoisotopic (exact) mass is 400 g/mol. The summed E-state index contributed by atoms with van der Waals surface area (Å²) in [4.78, 5) is 18.9.